The van der Waals surface area contributed by atoms with Crippen LogP contribution < -0.4 is 0 Å². The molecule has 3 heteroatoms. The van der Waals surface area contributed by atoms with Gasteiger partial charge in [-0.2, -0.15) is 13.2 Å². The van der Waals surface area contributed by atoms with E-state index in [9.17, 15) is 13.2 Å². The summed E-state index contributed by atoms with van der Waals surface area (Å²) in [4.78, 5) is 0. The normalized spacial score (nSPS) is 12.0. The zero-order chi connectivity index (χ0) is 5.91. The molecule has 0 bridgehead atoms. The lowest BCUT2D eigenvalue weighted by atomic mass is 10.3. The van der Waals surface area contributed by atoms with Crippen molar-refractivity contribution < 1.29 is 13.2 Å². The van der Waals surface area contributed by atoms with Gasteiger partial charge in [-0.15, -0.1) is 0 Å². The third-order valence-electron chi connectivity index (χ3n) is 0.376. The molecule has 7 heavy (non-hydrogen) atoms. The summed E-state index contributed by atoms with van der Waals surface area (Å²) < 4.78 is 32.9. The summed E-state index contributed by atoms with van der Waals surface area (Å²) in [6.45, 7) is 3.00. The second-order valence-corrected chi connectivity index (χ2v) is 1.03. The highest BCUT2D eigenvalue weighted by atomic mass is 19.4. The lowest BCUT2D eigenvalue weighted by Crippen LogP contribution is -2.06. The van der Waals surface area contributed by atoms with Crippen molar-refractivity contribution in [3.8, 4) is 0 Å². The summed E-state index contributed by atoms with van der Waals surface area (Å²) in [6.07, 6.45) is -4.13. The maximum Gasteiger partial charge on any atom is 0.392 e. The SMILES string of the molecule is [CH2]C[CH]C(F)(F)F. The van der Waals surface area contributed by atoms with Gasteiger partial charge in [-0.1, -0.05) is 6.92 Å². The average molecular weight is 110 g/mol. The highest BCUT2D eigenvalue weighted by molar-refractivity contribution is 4.74. The molecular formula is C4H5F3. The van der Waals surface area contributed by atoms with Gasteiger partial charge in [-0.05, 0) is 6.42 Å². The lowest BCUT2D eigenvalue weighted by Gasteiger charge is -1.99. The van der Waals surface area contributed by atoms with E-state index in [4.69, 9.17) is 0 Å². The van der Waals surface area contributed by atoms with E-state index in [0.717, 1.165) is 0 Å². The first kappa shape index (κ1) is 6.79. The first-order valence-electron chi connectivity index (χ1n) is 1.76. The van der Waals surface area contributed by atoms with Crippen molar-refractivity contribution in [3.63, 3.8) is 0 Å². The summed E-state index contributed by atoms with van der Waals surface area (Å²) in [5.41, 5.74) is 0. The molecule has 0 saturated carbocycles. The fourth-order valence-corrected chi connectivity index (χ4v) is 0.164. The molecular weight excluding hydrogens is 105 g/mol. The van der Waals surface area contributed by atoms with Crippen LogP contribution in [-0.4, -0.2) is 6.18 Å². The molecule has 0 atom stereocenters. The lowest BCUT2D eigenvalue weighted by molar-refractivity contribution is -0.0971. The molecule has 0 aromatic rings. The van der Waals surface area contributed by atoms with Crippen molar-refractivity contribution in [1.82, 2.24) is 0 Å². The van der Waals surface area contributed by atoms with Crippen LogP contribution in [0.1, 0.15) is 6.42 Å². The van der Waals surface area contributed by atoms with Gasteiger partial charge in [-0.25, -0.2) is 0 Å². The van der Waals surface area contributed by atoms with E-state index in [1.54, 1.807) is 0 Å². The topological polar surface area (TPSA) is 0 Å². The van der Waals surface area contributed by atoms with Crippen LogP contribution in [0, 0.1) is 13.3 Å². The molecule has 0 aliphatic heterocycles. The minimum absolute atomic E-state index is 0.191. The maximum absolute atomic E-state index is 11.0. The van der Waals surface area contributed by atoms with Gasteiger partial charge in [0.2, 0.25) is 0 Å². The fraction of sp³-hybridized carbons (Fsp3) is 0.500. The zero-order valence-electron chi connectivity index (χ0n) is 3.63. The predicted molar refractivity (Wildman–Crippen MR) is 20.3 cm³/mol. The molecule has 0 unspecified atom stereocenters. The Kier molecular flexibility index (Phi) is 2.12. The molecule has 0 fully saturated rings. The second kappa shape index (κ2) is 2.19. The summed E-state index contributed by atoms with van der Waals surface area (Å²) in [6, 6.07) is 0. The molecule has 0 aliphatic carbocycles. The molecule has 0 N–H and O–H groups in total. The molecule has 42 valence electrons. The Hall–Kier alpha value is -0.210. The Morgan fingerprint density at radius 1 is 1.43 bits per heavy atom. The van der Waals surface area contributed by atoms with Crippen molar-refractivity contribution in [2.75, 3.05) is 0 Å². The molecule has 0 nitrogen and oxygen atoms in total. The number of alkyl halides is 3. The van der Waals surface area contributed by atoms with Crippen LogP contribution in [0.15, 0.2) is 0 Å². The monoisotopic (exact) mass is 110 g/mol. The largest absolute Gasteiger partial charge is 0.392 e. The number of hydrogen-bond acceptors (Lipinski definition) is 0. The van der Waals surface area contributed by atoms with Gasteiger partial charge >= 0.3 is 6.18 Å². The van der Waals surface area contributed by atoms with E-state index in [0.29, 0.717) is 0 Å². The third-order valence-corrected chi connectivity index (χ3v) is 0.376. The molecule has 0 saturated heterocycles. The van der Waals surface area contributed by atoms with Crippen molar-refractivity contribution in [3.05, 3.63) is 13.3 Å². The van der Waals surface area contributed by atoms with E-state index in [2.05, 4.69) is 6.92 Å². The molecule has 0 amide bonds. The van der Waals surface area contributed by atoms with E-state index in [1.165, 1.54) is 0 Å². The number of halogens is 3. The smallest absolute Gasteiger partial charge is 0.171 e. The Labute approximate surface area is 40.3 Å². The van der Waals surface area contributed by atoms with Gasteiger partial charge in [0.15, 0.2) is 0 Å². The molecule has 0 aromatic heterocycles. The average Bonchev–Trinajstić information content (AvgIpc) is 1.30. The molecule has 0 heterocycles. The van der Waals surface area contributed by atoms with Crippen molar-refractivity contribution in [2.45, 2.75) is 12.6 Å². The van der Waals surface area contributed by atoms with Gasteiger partial charge in [0, 0.05) is 0 Å². The summed E-state index contributed by atoms with van der Waals surface area (Å²) in [5, 5.41) is 0. The van der Waals surface area contributed by atoms with Crippen LogP contribution in [-0.2, 0) is 0 Å². The molecule has 0 aliphatic rings. The van der Waals surface area contributed by atoms with E-state index < -0.39 is 6.18 Å². The Morgan fingerprint density at radius 3 is 1.86 bits per heavy atom. The number of hydrogen-bond donors (Lipinski definition) is 0. The van der Waals surface area contributed by atoms with Crippen LogP contribution in [0.5, 0.6) is 0 Å². The quantitative estimate of drug-likeness (QED) is 0.484. The molecule has 2 radical (unpaired) electrons. The minimum atomic E-state index is -4.14. The van der Waals surface area contributed by atoms with E-state index in [1.807, 2.05) is 0 Å². The standard InChI is InChI=1S/C4H5F3/c1-2-3-4(5,6)7/h3H,1-2H2. The second-order valence-electron chi connectivity index (χ2n) is 1.03. The van der Waals surface area contributed by atoms with Crippen LogP contribution in [0.4, 0.5) is 13.2 Å². The fourth-order valence-electron chi connectivity index (χ4n) is 0.164. The predicted octanol–water partition coefficient (Wildman–Crippen LogP) is 1.98. The summed E-state index contributed by atoms with van der Waals surface area (Å²) in [5.74, 6) is 0. The third kappa shape index (κ3) is 5.79. The minimum Gasteiger partial charge on any atom is -0.171 e. The highest BCUT2D eigenvalue weighted by Crippen LogP contribution is 2.19. The molecule has 0 spiro atoms. The van der Waals surface area contributed by atoms with Crippen LogP contribution in [0.25, 0.3) is 0 Å². The summed E-state index contributed by atoms with van der Waals surface area (Å²) in [7, 11) is 0. The van der Waals surface area contributed by atoms with E-state index in [-0.39, 0.29) is 12.8 Å². The highest BCUT2D eigenvalue weighted by Gasteiger charge is 2.25. The van der Waals surface area contributed by atoms with E-state index >= 15 is 0 Å². The molecule has 0 rings (SSSR count). The van der Waals surface area contributed by atoms with Gasteiger partial charge in [-0.3, -0.25) is 0 Å². The van der Waals surface area contributed by atoms with Crippen molar-refractivity contribution >= 4 is 0 Å². The van der Waals surface area contributed by atoms with Crippen LogP contribution in [0.3, 0.4) is 0 Å². The van der Waals surface area contributed by atoms with Crippen molar-refractivity contribution in [1.29, 1.82) is 0 Å². The summed E-state index contributed by atoms with van der Waals surface area (Å²) >= 11 is 0. The maximum atomic E-state index is 11.0. The Bertz CT molecular complexity index is 45.4. The van der Waals surface area contributed by atoms with Gasteiger partial charge in [0.25, 0.3) is 0 Å². The van der Waals surface area contributed by atoms with Crippen molar-refractivity contribution in [2.24, 2.45) is 0 Å². The Morgan fingerprint density at radius 2 is 1.86 bits per heavy atom. The van der Waals surface area contributed by atoms with Crippen LogP contribution >= 0.6 is 0 Å². The van der Waals surface area contributed by atoms with Gasteiger partial charge in [0.1, 0.15) is 0 Å². The first-order chi connectivity index (χ1) is 3.06. The van der Waals surface area contributed by atoms with Gasteiger partial charge in [0.05, 0.1) is 6.42 Å². The van der Waals surface area contributed by atoms with Gasteiger partial charge < -0.3 is 0 Å². The number of rotatable bonds is 1. The Balaban J connectivity index is 3.15. The molecule has 0 aromatic carbocycles. The van der Waals surface area contributed by atoms with Crippen LogP contribution in [0.2, 0.25) is 0 Å². The first-order valence-corrected chi connectivity index (χ1v) is 1.76. The zero-order valence-corrected chi connectivity index (χ0v) is 3.63.